The molecule has 0 atom stereocenters. The van der Waals surface area contributed by atoms with E-state index in [-0.39, 0.29) is 5.97 Å². The first-order chi connectivity index (χ1) is 11.1. The quantitative estimate of drug-likeness (QED) is 0.372. The van der Waals surface area contributed by atoms with Crippen molar-refractivity contribution in [2.24, 2.45) is 0 Å². The number of hydrogen-bond acceptors (Lipinski definition) is 2. The third-order valence-electron chi connectivity index (χ3n) is 3.96. The molecule has 2 nitrogen and oxygen atoms in total. The molecule has 0 amide bonds. The van der Waals surface area contributed by atoms with E-state index in [1.54, 1.807) is 0 Å². The Hall–Kier alpha value is -1.57. The molecule has 0 saturated heterocycles. The third-order valence-corrected chi connectivity index (χ3v) is 3.96. The van der Waals surface area contributed by atoms with Crippen LogP contribution in [0.1, 0.15) is 76.8 Å². The Balaban J connectivity index is 2.27. The van der Waals surface area contributed by atoms with Crippen molar-refractivity contribution in [3.05, 3.63) is 41.0 Å². The van der Waals surface area contributed by atoms with Gasteiger partial charge in [-0.05, 0) is 36.5 Å². The lowest BCUT2D eigenvalue weighted by molar-refractivity contribution is -0.139. The van der Waals surface area contributed by atoms with Gasteiger partial charge in [0.2, 0.25) is 0 Å². The molecule has 0 aliphatic carbocycles. The van der Waals surface area contributed by atoms with Gasteiger partial charge in [-0.25, -0.2) is 0 Å². The van der Waals surface area contributed by atoms with Crippen LogP contribution in [0.15, 0.2) is 29.8 Å². The van der Waals surface area contributed by atoms with Crippen LogP contribution < -0.4 is 0 Å². The van der Waals surface area contributed by atoms with Gasteiger partial charge in [0.15, 0.2) is 0 Å². The van der Waals surface area contributed by atoms with Crippen molar-refractivity contribution in [2.75, 3.05) is 6.61 Å². The van der Waals surface area contributed by atoms with E-state index in [0.717, 1.165) is 11.1 Å². The number of hydrogen-bond donors (Lipinski definition) is 0. The van der Waals surface area contributed by atoms with E-state index in [2.05, 4.69) is 37.3 Å². The summed E-state index contributed by atoms with van der Waals surface area (Å²) in [7, 11) is 0. The molecule has 2 heteroatoms. The molecule has 0 saturated carbocycles. The van der Waals surface area contributed by atoms with Crippen LogP contribution >= 0.6 is 0 Å². The number of benzene rings is 1. The van der Waals surface area contributed by atoms with Gasteiger partial charge in [0.25, 0.3) is 0 Å². The van der Waals surface area contributed by atoms with E-state index in [0.29, 0.717) is 6.61 Å². The second-order valence-electron chi connectivity index (χ2n) is 6.38. The van der Waals surface area contributed by atoms with Gasteiger partial charge in [0, 0.05) is 6.92 Å². The van der Waals surface area contributed by atoms with Crippen molar-refractivity contribution in [1.29, 1.82) is 0 Å². The van der Waals surface area contributed by atoms with Crippen LogP contribution in [0, 0.1) is 0 Å². The van der Waals surface area contributed by atoms with Gasteiger partial charge in [-0.15, -0.1) is 0 Å². The molecule has 0 N–H and O–H groups in total. The molecule has 128 valence electrons. The minimum absolute atomic E-state index is 0.234. The summed E-state index contributed by atoms with van der Waals surface area (Å²) in [6.45, 7) is 6.05. The average Bonchev–Trinajstić information content (AvgIpc) is 2.53. The Morgan fingerprint density at radius 3 is 2.17 bits per heavy atom. The summed E-state index contributed by atoms with van der Waals surface area (Å²) in [5, 5.41) is 0. The zero-order valence-corrected chi connectivity index (χ0v) is 15.1. The zero-order chi connectivity index (χ0) is 16.9. The first-order valence-electron chi connectivity index (χ1n) is 9.01. The van der Waals surface area contributed by atoms with Crippen molar-refractivity contribution in [1.82, 2.24) is 0 Å². The van der Waals surface area contributed by atoms with Crippen LogP contribution in [0.3, 0.4) is 0 Å². The van der Waals surface area contributed by atoms with Gasteiger partial charge in [-0.1, -0.05) is 75.8 Å². The molecule has 0 unspecified atom stereocenters. The van der Waals surface area contributed by atoms with Gasteiger partial charge in [-0.3, -0.25) is 4.79 Å². The highest BCUT2D eigenvalue weighted by Gasteiger charge is 1.97. The fourth-order valence-electron chi connectivity index (χ4n) is 2.61. The van der Waals surface area contributed by atoms with Gasteiger partial charge < -0.3 is 4.74 Å². The molecule has 0 spiro atoms. The molecule has 0 fully saturated rings. The molecule has 0 aliphatic rings. The smallest absolute Gasteiger partial charge is 0.302 e. The Morgan fingerprint density at radius 1 is 0.957 bits per heavy atom. The monoisotopic (exact) mass is 316 g/mol. The molecule has 1 aromatic rings. The highest BCUT2D eigenvalue weighted by atomic mass is 16.5. The normalized spacial score (nSPS) is 11.5. The van der Waals surface area contributed by atoms with Crippen LogP contribution in [-0.2, 0) is 16.0 Å². The van der Waals surface area contributed by atoms with E-state index < -0.39 is 0 Å². The van der Waals surface area contributed by atoms with Crippen molar-refractivity contribution < 1.29 is 9.53 Å². The lowest BCUT2D eigenvalue weighted by atomic mass is 10.0. The standard InChI is InChI=1S/C21H32O2/c1-4-5-6-7-8-9-10-11-20-12-14-21(15-13-20)16-18(2)17-23-19(3)22/h12-16H,4-11,17H2,1-3H3/b18-16+. The lowest BCUT2D eigenvalue weighted by Crippen LogP contribution is -2.01. The van der Waals surface area contributed by atoms with Crippen LogP contribution in [-0.4, -0.2) is 12.6 Å². The van der Waals surface area contributed by atoms with E-state index in [1.165, 1.54) is 63.9 Å². The highest BCUT2D eigenvalue weighted by molar-refractivity contribution is 5.66. The van der Waals surface area contributed by atoms with Crippen LogP contribution in [0.4, 0.5) is 0 Å². The Labute approximate surface area is 141 Å². The molecule has 0 aromatic heterocycles. The second kappa shape index (κ2) is 11.9. The maximum Gasteiger partial charge on any atom is 0.302 e. The summed E-state index contributed by atoms with van der Waals surface area (Å²) in [4.78, 5) is 10.8. The third kappa shape index (κ3) is 9.93. The molecule has 1 rings (SSSR count). The minimum atomic E-state index is -0.234. The van der Waals surface area contributed by atoms with Crippen molar-refractivity contribution >= 4 is 12.0 Å². The number of ether oxygens (including phenoxy) is 1. The van der Waals surface area contributed by atoms with E-state index >= 15 is 0 Å². The van der Waals surface area contributed by atoms with Crippen LogP contribution in [0.25, 0.3) is 6.08 Å². The van der Waals surface area contributed by atoms with E-state index in [4.69, 9.17) is 4.74 Å². The van der Waals surface area contributed by atoms with E-state index in [1.807, 2.05) is 6.92 Å². The molecule has 23 heavy (non-hydrogen) atoms. The Bertz CT molecular complexity index is 471. The predicted octanol–water partition coefficient (Wildman–Crippen LogP) is 5.95. The largest absolute Gasteiger partial charge is 0.461 e. The fourth-order valence-corrected chi connectivity index (χ4v) is 2.61. The summed E-state index contributed by atoms with van der Waals surface area (Å²) in [5.41, 5.74) is 3.63. The first-order valence-corrected chi connectivity index (χ1v) is 9.01. The van der Waals surface area contributed by atoms with Crippen molar-refractivity contribution in [3.8, 4) is 0 Å². The number of aryl methyl sites for hydroxylation is 1. The SMILES string of the molecule is CCCCCCCCCc1ccc(/C=C(\C)COC(C)=O)cc1. The molecular weight excluding hydrogens is 284 g/mol. The first kappa shape index (κ1) is 19.5. The van der Waals surface area contributed by atoms with Crippen molar-refractivity contribution in [2.45, 2.75) is 72.1 Å². The molecule has 1 aromatic carbocycles. The summed E-state index contributed by atoms with van der Waals surface area (Å²) in [5.74, 6) is -0.234. The van der Waals surface area contributed by atoms with Gasteiger partial charge in [0.05, 0.1) is 0 Å². The number of esters is 1. The molecule has 0 aliphatic heterocycles. The van der Waals surface area contributed by atoms with Gasteiger partial charge >= 0.3 is 5.97 Å². The summed E-state index contributed by atoms with van der Waals surface area (Å²) < 4.78 is 4.99. The highest BCUT2D eigenvalue weighted by Crippen LogP contribution is 2.13. The fraction of sp³-hybridized carbons (Fsp3) is 0.571. The number of unbranched alkanes of at least 4 members (excludes halogenated alkanes) is 6. The lowest BCUT2D eigenvalue weighted by Gasteiger charge is -2.05. The molecular formula is C21H32O2. The number of rotatable bonds is 11. The topological polar surface area (TPSA) is 26.3 Å². The molecule has 0 heterocycles. The Morgan fingerprint density at radius 2 is 1.57 bits per heavy atom. The van der Waals surface area contributed by atoms with Crippen LogP contribution in [0.2, 0.25) is 0 Å². The maximum atomic E-state index is 10.8. The van der Waals surface area contributed by atoms with Gasteiger partial charge in [0.1, 0.15) is 6.61 Å². The summed E-state index contributed by atoms with van der Waals surface area (Å²) in [6, 6.07) is 8.71. The van der Waals surface area contributed by atoms with E-state index in [9.17, 15) is 4.79 Å². The van der Waals surface area contributed by atoms with Gasteiger partial charge in [-0.2, -0.15) is 0 Å². The number of carbonyl (C=O) groups excluding carboxylic acids is 1. The summed E-state index contributed by atoms with van der Waals surface area (Å²) >= 11 is 0. The van der Waals surface area contributed by atoms with Crippen LogP contribution in [0.5, 0.6) is 0 Å². The average molecular weight is 316 g/mol. The Kier molecular flexibility index (Phi) is 10.1. The number of carbonyl (C=O) groups is 1. The van der Waals surface area contributed by atoms with Crippen molar-refractivity contribution in [3.63, 3.8) is 0 Å². The summed E-state index contributed by atoms with van der Waals surface area (Å²) in [6.07, 6.45) is 12.7. The maximum absolute atomic E-state index is 10.8. The minimum Gasteiger partial charge on any atom is -0.461 e. The molecule has 0 radical (unpaired) electrons. The predicted molar refractivity (Wildman–Crippen MR) is 98.4 cm³/mol. The second-order valence-corrected chi connectivity index (χ2v) is 6.38. The molecule has 0 bridgehead atoms. The zero-order valence-electron chi connectivity index (χ0n) is 15.1.